The zero-order valence-electron chi connectivity index (χ0n) is 16.3. The fourth-order valence-electron chi connectivity index (χ4n) is 4.14. The molecule has 1 heterocycles. The average Bonchev–Trinajstić information content (AvgIpc) is 3.07. The van der Waals surface area contributed by atoms with Crippen LogP contribution in [0.5, 0.6) is 0 Å². The number of aromatic amines is 1. The van der Waals surface area contributed by atoms with Crippen molar-refractivity contribution < 1.29 is 13.6 Å². The summed E-state index contributed by atoms with van der Waals surface area (Å²) in [5, 5.41) is 4.35. The lowest BCUT2D eigenvalue weighted by Gasteiger charge is -2.38. The molecule has 1 aromatic heterocycles. The average molecular weight is 405 g/mol. The number of hydrogen-bond donors (Lipinski definition) is 3. The fourth-order valence-corrected chi connectivity index (χ4v) is 4.14. The van der Waals surface area contributed by atoms with Crippen molar-refractivity contribution in [3.05, 3.63) is 82.9 Å². The highest BCUT2D eigenvalue weighted by Gasteiger charge is 2.34. The van der Waals surface area contributed by atoms with Crippen molar-refractivity contribution in [2.24, 2.45) is 5.73 Å². The Labute approximate surface area is 172 Å². The topological polar surface area (TPSA) is 70.9 Å². The van der Waals surface area contributed by atoms with Crippen molar-refractivity contribution in [1.29, 1.82) is 0 Å². The lowest BCUT2D eigenvalue weighted by molar-refractivity contribution is 0.0951. The van der Waals surface area contributed by atoms with E-state index >= 15 is 0 Å². The van der Waals surface area contributed by atoms with Crippen LogP contribution in [0.4, 0.5) is 8.78 Å². The molecule has 4 nitrogen and oxygen atoms in total. The molecule has 4 aromatic rings. The second kappa shape index (κ2) is 6.92. The van der Waals surface area contributed by atoms with Gasteiger partial charge in [-0.05, 0) is 54.7 Å². The standard InChI is InChI=1S/C24H21F2N3O/c25-19-11-18-17-7-2-14(10-21(17)29-22(18)12-20(19)26)13-28-23(30)15-3-5-16(6-4-15)24(27)8-1-9-24/h2-7,10-12,29H,1,8-9,13,27H2,(H,28,30). The monoisotopic (exact) mass is 405 g/mol. The summed E-state index contributed by atoms with van der Waals surface area (Å²) in [6, 6.07) is 15.4. The molecule has 0 spiro atoms. The van der Waals surface area contributed by atoms with Gasteiger partial charge in [-0.2, -0.15) is 0 Å². The van der Waals surface area contributed by atoms with Gasteiger partial charge in [-0.15, -0.1) is 0 Å². The molecular formula is C24H21F2N3O. The molecule has 0 atom stereocenters. The molecule has 152 valence electrons. The second-order valence-electron chi connectivity index (χ2n) is 8.09. The summed E-state index contributed by atoms with van der Waals surface area (Å²) in [5.41, 5.74) is 9.93. The van der Waals surface area contributed by atoms with Crippen molar-refractivity contribution in [3.8, 4) is 0 Å². The highest BCUT2D eigenvalue weighted by molar-refractivity contribution is 6.07. The third kappa shape index (κ3) is 3.13. The number of carbonyl (C=O) groups is 1. The highest BCUT2D eigenvalue weighted by Crippen LogP contribution is 2.38. The van der Waals surface area contributed by atoms with E-state index in [1.807, 2.05) is 42.5 Å². The molecule has 0 radical (unpaired) electrons. The van der Waals surface area contributed by atoms with Gasteiger partial charge < -0.3 is 16.0 Å². The smallest absolute Gasteiger partial charge is 0.251 e. The Bertz CT molecular complexity index is 1270. The molecule has 1 fully saturated rings. The Morgan fingerprint density at radius 3 is 2.37 bits per heavy atom. The normalized spacial score (nSPS) is 15.3. The van der Waals surface area contributed by atoms with E-state index in [2.05, 4.69) is 10.3 Å². The van der Waals surface area contributed by atoms with E-state index in [1.165, 1.54) is 6.07 Å². The van der Waals surface area contributed by atoms with Crippen LogP contribution in [0.25, 0.3) is 21.8 Å². The van der Waals surface area contributed by atoms with Gasteiger partial charge in [0.15, 0.2) is 11.6 Å². The number of aromatic nitrogens is 1. The molecule has 6 heteroatoms. The Hall–Kier alpha value is -3.25. The summed E-state index contributed by atoms with van der Waals surface area (Å²) in [4.78, 5) is 15.6. The van der Waals surface area contributed by atoms with Crippen LogP contribution in [0.1, 0.15) is 40.7 Å². The fraction of sp³-hybridized carbons (Fsp3) is 0.208. The quantitative estimate of drug-likeness (QED) is 0.453. The molecule has 1 saturated carbocycles. The maximum atomic E-state index is 13.6. The number of nitrogens with two attached hydrogens (primary N) is 1. The molecule has 0 aliphatic heterocycles. The van der Waals surface area contributed by atoms with Crippen LogP contribution in [-0.4, -0.2) is 10.9 Å². The van der Waals surface area contributed by atoms with Crippen molar-refractivity contribution >= 4 is 27.7 Å². The number of H-pyrrole nitrogens is 1. The summed E-state index contributed by atoms with van der Waals surface area (Å²) >= 11 is 0. The number of hydrogen-bond acceptors (Lipinski definition) is 2. The van der Waals surface area contributed by atoms with E-state index in [-0.39, 0.29) is 11.4 Å². The number of rotatable bonds is 4. The highest BCUT2D eigenvalue weighted by atomic mass is 19.2. The molecule has 0 bridgehead atoms. The Morgan fingerprint density at radius 1 is 0.967 bits per heavy atom. The number of nitrogens with one attached hydrogen (secondary N) is 2. The molecule has 0 unspecified atom stereocenters. The maximum Gasteiger partial charge on any atom is 0.251 e. The minimum absolute atomic E-state index is 0.165. The molecule has 1 aliphatic carbocycles. The number of fused-ring (bicyclic) bond motifs is 3. The van der Waals surface area contributed by atoms with Gasteiger partial charge in [0, 0.05) is 45.5 Å². The van der Waals surface area contributed by atoms with Crippen LogP contribution in [0, 0.1) is 11.6 Å². The van der Waals surface area contributed by atoms with E-state index < -0.39 is 11.6 Å². The third-order valence-electron chi connectivity index (χ3n) is 6.12. The minimum atomic E-state index is -0.884. The lowest BCUT2D eigenvalue weighted by atomic mass is 9.73. The van der Waals surface area contributed by atoms with Crippen LogP contribution in [0.2, 0.25) is 0 Å². The van der Waals surface area contributed by atoms with Gasteiger partial charge in [-0.3, -0.25) is 4.79 Å². The van der Waals surface area contributed by atoms with Gasteiger partial charge >= 0.3 is 0 Å². The van der Waals surface area contributed by atoms with Gasteiger partial charge in [0.1, 0.15) is 0 Å². The van der Waals surface area contributed by atoms with Gasteiger partial charge in [-0.25, -0.2) is 8.78 Å². The van der Waals surface area contributed by atoms with Crippen molar-refractivity contribution in [2.75, 3.05) is 0 Å². The molecular weight excluding hydrogens is 384 g/mol. The second-order valence-corrected chi connectivity index (χ2v) is 8.09. The number of carbonyl (C=O) groups excluding carboxylic acids is 1. The maximum absolute atomic E-state index is 13.6. The predicted octanol–water partition coefficient (Wildman–Crippen LogP) is 4.87. The Balaban J connectivity index is 1.32. The molecule has 3 aromatic carbocycles. The zero-order chi connectivity index (χ0) is 20.9. The van der Waals surface area contributed by atoms with Crippen molar-refractivity contribution in [3.63, 3.8) is 0 Å². The number of amides is 1. The van der Waals surface area contributed by atoms with Gasteiger partial charge in [0.05, 0.1) is 0 Å². The van der Waals surface area contributed by atoms with E-state index in [0.29, 0.717) is 23.0 Å². The minimum Gasteiger partial charge on any atom is -0.354 e. The predicted molar refractivity (Wildman–Crippen MR) is 113 cm³/mol. The van der Waals surface area contributed by atoms with Crippen molar-refractivity contribution in [1.82, 2.24) is 10.3 Å². The summed E-state index contributed by atoms with van der Waals surface area (Å²) in [6.07, 6.45) is 3.10. The van der Waals surface area contributed by atoms with Crippen molar-refractivity contribution in [2.45, 2.75) is 31.3 Å². The van der Waals surface area contributed by atoms with E-state index in [9.17, 15) is 13.6 Å². The third-order valence-corrected chi connectivity index (χ3v) is 6.12. The van der Waals surface area contributed by atoms with Crippen LogP contribution in [-0.2, 0) is 12.1 Å². The molecule has 4 N–H and O–H groups in total. The molecule has 1 aliphatic rings. The largest absolute Gasteiger partial charge is 0.354 e. The first-order valence-electron chi connectivity index (χ1n) is 10.00. The Kier molecular flexibility index (Phi) is 4.33. The summed E-state index contributed by atoms with van der Waals surface area (Å²) in [5.74, 6) is -1.92. The number of halogens is 2. The summed E-state index contributed by atoms with van der Waals surface area (Å²) in [7, 11) is 0. The van der Waals surface area contributed by atoms with E-state index in [4.69, 9.17) is 5.73 Å². The van der Waals surface area contributed by atoms with E-state index in [1.54, 1.807) is 0 Å². The molecule has 30 heavy (non-hydrogen) atoms. The van der Waals surface area contributed by atoms with Gasteiger partial charge in [0.25, 0.3) is 5.91 Å². The van der Waals surface area contributed by atoms with Crippen LogP contribution < -0.4 is 11.1 Å². The first-order valence-corrected chi connectivity index (χ1v) is 10.00. The summed E-state index contributed by atoms with van der Waals surface area (Å²) < 4.78 is 27.1. The summed E-state index contributed by atoms with van der Waals surface area (Å²) in [6.45, 7) is 0.343. The van der Waals surface area contributed by atoms with E-state index in [0.717, 1.165) is 47.4 Å². The lowest BCUT2D eigenvalue weighted by Crippen LogP contribution is -2.43. The Morgan fingerprint density at radius 2 is 1.67 bits per heavy atom. The zero-order valence-corrected chi connectivity index (χ0v) is 16.3. The van der Waals surface area contributed by atoms with Crippen LogP contribution in [0.3, 0.4) is 0 Å². The molecule has 5 rings (SSSR count). The first-order chi connectivity index (χ1) is 14.4. The first kappa shape index (κ1) is 18.8. The van der Waals surface area contributed by atoms with Gasteiger partial charge in [-0.1, -0.05) is 24.3 Å². The van der Waals surface area contributed by atoms with Crippen LogP contribution >= 0.6 is 0 Å². The molecule has 0 saturated heterocycles. The SMILES string of the molecule is NC1(c2ccc(C(=O)NCc3ccc4c(c3)[nH]c3cc(F)c(F)cc34)cc2)CCC1. The van der Waals surface area contributed by atoms with Crippen LogP contribution in [0.15, 0.2) is 54.6 Å². The van der Waals surface area contributed by atoms with Gasteiger partial charge in [0.2, 0.25) is 0 Å². The molecule has 1 amide bonds. The number of benzene rings is 3.